The molecule has 0 aliphatic heterocycles. The monoisotopic (exact) mass is 220 g/mol. The van der Waals surface area contributed by atoms with E-state index in [9.17, 15) is 0 Å². The highest BCUT2D eigenvalue weighted by Crippen LogP contribution is 2.21. The molecule has 90 valence electrons. The fourth-order valence-electron chi connectivity index (χ4n) is 2.07. The van der Waals surface area contributed by atoms with Gasteiger partial charge in [-0.05, 0) is 49.9 Å². The lowest BCUT2D eigenvalue weighted by molar-refractivity contribution is 0.539. The lowest BCUT2D eigenvalue weighted by Gasteiger charge is -2.25. The van der Waals surface area contributed by atoms with Crippen molar-refractivity contribution in [2.45, 2.75) is 27.2 Å². The molecule has 0 aliphatic rings. The van der Waals surface area contributed by atoms with E-state index in [4.69, 9.17) is 5.73 Å². The molecule has 1 unspecified atom stereocenters. The predicted molar refractivity (Wildman–Crippen MR) is 72.0 cm³/mol. The van der Waals surface area contributed by atoms with Gasteiger partial charge in [0.05, 0.1) is 0 Å². The minimum atomic E-state index is 0.648. The summed E-state index contributed by atoms with van der Waals surface area (Å²) in [6.45, 7) is 8.41. The maximum absolute atomic E-state index is 5.58. The summed E-state index contributed by atoms with van der Waals surface area (Å²) in [7, 11) is 2.16. The van der Waals surface area contributed by atoms with Crippen LogP contribution in [-0.2, 0) is 0 Å². The summed E-state index contributed by atoms with van der Waals surface area (Å²) >= 11 is 0. The normalized spacial score (nSPS) is 12.6. The number of anilines is 1. The van der Waals surface area contributed by atoms with Crippen molar-refractivity contribution in [1.29, 1.82) is 0 Å². The first-order chi connectivity index (χ1) is 7.54. The van der Waals surface area contributed by atoms with E-state index in [0.717, 1.165) is 19.5 Å². The smallest absolute Gasteiger partial charge is 0.0396 e. The fraction of sp³-hybridized carbons (Fsp3) is 0.571. The van der Waals surface area contributed by atoms with Crippen LogP contribution in [0, 0.1) is 19.8 Å². The number of hydrogen-bond donors (Lipinski definition) is 1. The number of rotatable bonds is 5. The van der Waals surface area contributed by atoms with Crippen LogP contribution in [0.25, 0.3) is 0 Å². The second-order valence-electron chi connectivity index (χ2n) is 4.85. The number of benzene rings is 1. The van der Waals surface area contributed by atoms with Crippen molar-refractivity contribution in [2.75, 3.05) is 25.0 Å². The molecule has 0 bridgehead atoms. The van der Waals surface area contributed by atoms with Gasteiger partial charge in [-0.2, -0.15) is 0 Å². The van der Waals surface area contributed by atoms with Crippen molar-refractivity contribution >= 4 is 5.69 Å². The fourth-order valence-corrected chi connectivity index (χ4v) is 2.07. The zero-order valence-electron chi connectivity index (χ0n) is 11.0. The zero-order valence-corrected chi connectivity index (χ0v) is 11.0. The Morgan fingerprint density at radius 2 is 2.00 bits per heavy atom. The Kier molecular flexibility index (Phi) is 4.81. The van der Waals surface area contributed by atoms with E-state index in [0.29, 0.717) is 5.92 Å². The largest absolute Gasteiger partial charge is 0.374 e. The quantitative estimate of drug-likeness (QED) is 0.826. The van der Waals surface area contributed by atoms with E-state index in [1.807, 2.05) is 0 Å². The van der Waals surface area contributed by atoms with Gasteiger partial charge < -0.3 is 10.6 Å². The molecule has 1 rings (SSSR count). The van der Waals surface area contributed by atoms with Gasteiger partial charge >= 0.3 is 0 Å². The van der Waals surface area contributed by atoms with Crippen LogP contribution >= 0.6 is 0 Å². The minimum absolute atomic E-state index is 0.648. The molecule has 0 radical (unpaired) electrons. The number of hydrogen-bond acceptors (Lipinski definition) is 2. The molecule has 1 aromatic carbocycles. The van der Waals surface area contributed by atoms with Crippen molar-refractivity contribution in [3.63, 3.8) is 0 Å². The Balaban J connectivity index is 2.72. The first kappa shape index (κ1) is 13.0. The topological polar surface area (TPSA) is 29.3 Å². The van der Waals surface area contributed by atoms with Crippen molar-refractivity contribution in [2.24, 2.45) is 11.7 Å². The van der Waals surface area contributed by atoms with E-state index in [-0.39, 0.29) is 0 Å². The average molecular weight is 220 g/mol. The van der Waals surface area contributed by atoms with Crippen LogP contribution in [0.15, 0.2) is 18.2 Å². The molecule has 0 fully saturated rings. The van der Waals surface area contributed by atoms with Crippen molar-refractivity contribution in [3.8, 4) is 0 Å². The summed E-state index contributed by atoms with van der Waals surface area (Å²) in [5, 5.41) is 0. The van der Waals surface area contributed by atoms with Gasteiger partial charge in [0.2, 0.25) is 0 Å². The van der Waals surface area contributed by atoms with Crippen LogP contribution in [0.5, 0.6) is 0 Å². The SMILES string of the molecule is Cc1ccc(C)c(N(C)CC(C)CCN)c1. The van der Waals surface area contributed by atoms with E-state index < -0.39 is 0 Å². The summed E-state index contributed by atoms with van der Waals surface area (Å²) < 4.78 is 0. The molecule has 1 atom stereocenters. The second-order valence-corrected chi connectivity index (χ2v) is 4.85. The molecular formula is C14H24N2. The molecule has 2 nitrogen and oxygen atoms in total. The van der Waals surface area contributed by atoms with Gasteiger partial charge in [0.25, 0.3) is 0 Å². The molecular weight excluding hydrogens is 196 g/mol. The van der Waals surface area contributed by atoms with Crippen LogP contribution in [0.4, 0.5) is 5.69 Å². The third kappa shape index (κ3) is 3.53. The summed E-state index contributed by atoms with van der Waals surface area (Å²) in [6, 6.07) is 6.61. The maximum atomic E-state index is 5.58. The highest BCUT2D eigenvalue weighted by Gasteiger charge is 2.08. The molecule has 0 saturated heterocycles. The van der Waals surface area contributed by atoms with E-state index in [1.54, 1.807) is 0 Å². The lowest BCUT2D eigenvalue weighted by Crippen LogP contribution is -2.26. The Morgan fingerprint density at radius 1 is 1.31 bits per heavy atom. The second kappa shape index (κ2) is 5.90. The number of nitrogens with two attached hydrogens (primary N) is 1. The summed E-state index contributed by atoms with van der Waals surface area (Å²) in [5.74, 6) is 0.648. The molecule has 0 amide bonds. The average Bonchev–Trinajstić information content (AvgIpc) is 2.21. The van der Waals surface area contributed by atoms with Gasteiger partial charge in [0.15, 0.2) is 0 Å². The molecule has 0 saturated carbocycles. The van der Waals surface area contributed by atoms with Crippen LogP contribution < -0.4 is 10.6 Å². The first-order valence-corrected chi connectivity index (χ1v) is 6.03. The minimum Gasteiger partial charge on any atom is -0.374 e. The first-order valence-electron chi connectivity index (χ1n) is 6.03. The molecule has 0 aromatic heterocycles. The van der Waals surface area contributed by atoms with Gasteiger partial charge in [0, 0.05) is 19.3 Å². The van der Waals surface area contributed by atoms with Gasteiger partial charge in [-0.15, -0.1) is 0 Å². The standard InChI is InChI=1S/C14H24N2/c1-11-5-6-13(3)14(9-11)16(4)10-12(2)7-8-15/h5-6,9,12H,7-8,10,15H2,1-4H3. The van der Waals surface area contributed by atoms with Crippen molar-refractivity contribution in [3.05, 3.63) is 29.3 Å². The van der Waals surface area contributed by atoms with E-state index in [1.165, 1.54) is 16.8 Å². The van der Waals surface area contributed by atoms with Crippen molar-refractivity contribution < 1.29 is 0 Å². The molecule has 0 spiro atoms. The molecule has 16 heavy (non-hydrogen) atoms. The van der Waals surface area contributed by atoms with Gasteiger partial charge in [0.1, 0.15) is 0 Å². The van der Waals surface area contributed by atoms with Gasteiger partial charge in [-0.3, -0.25) is 0 Å². The zero-order chi connectivity index (χ0) is 12.1. The van der Waals surface area contributed by atoms with Crippen molar-refractivity contribution in [1.82, 2.24) is 0 Å². The Hall–Kier alpha value is -1.02. The van der Waals surface area contributed by atoms with Crippen LogP contribution in [0.1, 0.15) is 24.5 Å². The van der Waals surface area contributed by atoms with Gasteiger partial charge in [-0.1, -0.05) is 19.1 Å². The van der Waals surface area contributed by atoms with Crippen LogP contribution in [-0.4, -0.2) is 20.1 Å². The molecule has 1 aromatic rings. The summed E-state index contributed by atoms with van der Waals surface area (Å²) in [5.41, 5.74) is 9.58. The summed E-state index contributed by atoms with van der Waals surface area (Å²) in [4.78, 5) is 2.34. The van der Waals surface area contributed by atoms with E-state index in [2.05, 4.69) is 50.9 Å². The Bertz CT molecular complexity index is 334. The highest BCUT2D eigenvalue weighted by molar-refractivity contribution is 5.54. The molecule has 2 heteroatoms. The van der Waals surface area contributed by atoms with Crippen LogP contribution in [0.3, 0.4) is 0 Å². The molecule has 2 N–H and O–H groups in total. The number of aryl methyl sites for hydroxylation is 2. The molecule has 0 heterocycles. The third-order valence-corrected chi connectivity index (χ3v) is 3.02. The Morgan fingerprint density at radius 3 is 2.62 bits per heavy atom. The van der Waals surface area contributed by atoms with Crippen LogP contribution in [0.2, 0.25) is 0 Å². The van der Waals surface area contributed by atoms with E-state index >= 15 is 0 Å². The summed E-state index contributed by atoms with van der Waals surface area (Å²) in [6.07, 6.45) is 1.09. The third-order valence-electron chi connectivity index (χ3n) is 3.02. The predicted octanol–water partition coefficient (Wildman–Crippen LogP) is 2.72. The maximum Gasteiger partial charge on any atom is 0.0396 e. The highest BCUT2D eigenvalue weighted by atomic mass is 15.1. The van der Waals surface area contributed by atoms with Gasteiger partial charge in [-0.25, -0.2) is 0 Å². The molecule has 0 aliphatic carbocycles. The number of nitrogens with zero attached hydrogens (tertiary/aromatic N) is 1. The lowest BCUT2D eigenvalue weighted by atomic mass is 10.1. The Labute approximate surface area is 99.5 Å².